The largest absolute Gasteiger partial charge is 0.358 e. The fraction of sp³-hybridized carbons (Fsp3) is 0.167. The zero-order valence-electron chi connectivity index (χ0n) is 8.90. The normalized spacial score (nSPS) is 10.0. The first kappa shape index (κ1) is 10.2. The molecule has 16 heavy (non-hydrogen) atoms. The van der Waals surface area contributed by atoms with E-state index in [4.69, 9.17) is 5.26 Å². The first-order chi connectivity index (χ1) is 7.76. The van der Waals surface area contributed by atoms with Gasteiger partial charge in [-0.1, -0.05) is 6.07 Å². The predicted molar refractivity (Wildman–Crippen MR) is 60.7 cm³/mol. The number of fused-ring (bicyclic) bond motifs is 1. The van der Waals surface area contributed by atoms with Gasteiger partial charge < -0.3 is 9.88 Å². The van der Waals surface area contributed by atoms with Crippen LogP contribution >= 0.6 is 0 Å². The van der Waals surface area contributed by atoms with E-state index in [-0.39, 0.29) is 12.5 Å². The van der Waals surface area contributed by atoms with E-state index in [9.17, 15) is 4.79 Å². The minimum Gasteiger partial charge on any atom is -0.358 e. The van der Waals surface area contributed by atoms with E-state index < -0.39 is 0 Å². The van der Waals surface area contributed by atoms with E-state index in [0.717, 1.165) is 10.9 Å². The molecule has 0 aliphatic rings. The maximum Gasteiger partial charge on any atom is 0.239 e. The van der Waals surface area contributed by atoms with Gasteiger partial charge in [-0.15, -0.1) is 0 Å². The van der Waals surface area contributed by atoms with Crippen LogP contribution in [0.1, 0.15) is 5.56 Å². The maximum absolute atomic E-state index is 11.3. The van der Waals surface area contributed by atoms with Gasteiger partial charge in [-0.25, -0.2) is 0 Å². The van der Waals surface area contributed by atoms with Gasteiger partial charge in [0.2, 0.25) is 5.91 Å². The molecular weight excluding hydrogens is 202 g/mol. The number of carbonyl (C=O) groups excluding carboxylic acids is 1. The molecule has 0 atom stereocenters. The molecule has 80 valence electrons. The third kappa shape index (κ3) is 1.63. The number of rotatable bonds is 2. The van der Waals surface area contributed by atoms with Gasteiger partial charge in [0, 0.05) is 24.1 Å². The number of nitriles is 1. The number of nitrogens with zero attached hydrogens (tertiary/aromatic N) is 2. The van der Waals surface area contributed by atoms with E-state index in [1.807, 2.05) is 29.0 Å². The molecule has 0 fully saturated rings. The van der Waals surface area contributed by atoms with Crippen LogP contribution in [-0.4, -0.2) is 17.5 Å². The molecule has 1 amide bonds. The second kappa shape index (κ2) is 4.07. The summed E-state index contributed by atoms with van der Waals surface area (Å²) >= 11 is 0. The van der Waals surface area contributed by atoms with Crippen LogP contribution in [0.3, 0.4) is 0 Å². The highest BCUT2D eigenvalue weighted by atomic mass is 16.1. The molecule has 2 rings (SSSR count). The molecule has 4 nitrogen and oxygen atoms in total. The molecule has 1 aromatic carbocycles. The molecular formula is C12H11N3O. The fourth-order valence-corrected chi connectivity index (χ4v) is 1.69. The molecule has 1 heterocycles. The highest BCUT2D eigenvalue weighted by molar-refractivity contribution is 5.87. The van der Waals surface area contributed by atoms with Crippen molar-refractivity contribution in [2.24, 2.45) is 0 Å². The van der Waals surface area contributed by atoms with Crippen LogP contribution in [-0.2, 0) is 11.3 Å². The van der Waals surface area contributed by atoms with Crippen LogP contribution in [0.25, 0.3) is 10.9 Å². The SMILES string of the molecule is CNC(=O)Cn1ccc2c(C#N)cccc21. The van der Waals surface area contributed by atoms with E-state index in [2.05, 4.69) is 11.4 Å². The van der Waals surface area contributed by atoms with Crippen molar-refractivity contribution in [3.8, 4) is 6.07 Å². The summed E-state index contributed by atoms with van der Waals surface area (Å²) in [7, 11) is 1.61. The summed E-state index contributed by atoms with van der Waals surface area (Å²) in [5, 5.41) is 12.4. The van der Waals surface area contributed by atoms with Crippen molar-refractivity contribution in [1.82, 2.24) is 9.88 Å². The quantitative estimate of drug-likeness (QED) is 0.816. The van der Waals surface area contributed by atoms with Crippen molar-refractivity contribution in [3.63, 3.8) is 0 Å². The summed E-state index contributed by atoms with van der Waals surface area (Å²) in [6, 6.07) is 9.49. The average molecular weight is 213 g/mol. The van der Waals surface area contributed by atoms with E-state index in [0.29, 0.717) is 5.56 Å². The summed E-state index contributed by atoms with van der Waals surface area (Å²) in [5.41, 5.74) is 1.54. The Bertz CT molecular complexity index is 577. The van der Waals surface area contributed by atoms with Gasteiger partial charge in [0.25, 0.3) is 0 Å². The number of nitrogens with one attached hydrogen (secondary N) is 1. The lowest BCUT2D eigenvalue weighted by molar-refractivity contribution is -0.121. The summed E-state index contributed by atoms with van der Waals surface area (Å²) in [6.07, 6.45) is 1.82. The first-order valence-corrected chi connectivity index (χ1v) is 4.95. The van der Waals surface area contributed by atoms with Crippen molar-refractivity contribution in [1.29, 1.82) is 5.26 Å². The van der Waals surface area contributed by atoms with E-state index in [1.165, 1.54) is 0 Å². The molecule has 0 saturated heterocycles. The Morgan fingerprint density at radius 1 is 1.50 bits per heavy atom. The summed E-state index contributed by atoms with van der Waals surface area (Å²) in [5.74, 6) is -0.0557. The minimum atomic E-state index is -0.0557. The lowest BCUT2D eigenvalue weighted by atomic mass is 10.1. The second-order valence-electron chi connectivity index (χ2n) is 3.47. The number of aromatic nitrogens is 1. The molecule has 0 radical (unpaired) electrons. The van der Waals surface area contributed by atoms with E-state index >= 15 is 0 Å². The summed E-state index contributed by atoms with van der Waals surface area (Å²) < 4.78 is 1.83. The molecule has 4 heteroatoms. The smallest absolute Gasteiger partial charge is 0.239 e. The zero-order chi connectivity index (χ0) is 11.5. The number of carbonyl (C=O) groups is 1. The number of amides is 1. The van der Waals surface area contributed by atoms with Gasteiger partial charge in [0.15, 0.2) is 0 Å². The number of hydrogen-bond acceptors (Lipinski definition) is 2. The lowest BCUT2D eigenvalue weighted by Crippen LogP contribution is -2.22. The average Bonchev–Trinajstić information content (AvgIpc) is 2.72. The maximum atomic E-state index is 11.3. The van der Waals surface area contributed by atoms with Gasteiger partial charge in [-0.3, -0.25) is 4.79 Å². The minimum absolute atomic E-state index is 0.0557. The van der Waals surface area contributed by atoms with Crippen molar-refractivity contribution >= 4 is 16.8 Å². The van der Waals surface area contributed by atoms with Gasteiger partial charge in [0.05, 0.1) is 11.6 Å². The number of benzene rings is 1. The van der Waals surface area contributed by atoms with Crippen molar-refractivity contribution < 1.29 is 4.79 Å². The molecule has 0 aliphatic heterocycles. The van der Waals surface area contributed by atoms with Crippen molar-refractivity contribution in [2.45, 2.75) is 6.54 Å². The monoisotopic (exact) mass is 213 g/mol. The Morgan fingerprint density at radius 3 is 3.00 bits per heavy atom. The Kier molecular flexibility index (Phi) is 2.61. The van der Waals surface area contributed by atoms with Crippen molar-refractivity contribution in [3.05, 3.63) is 36.0 Å². The van der Waals surface area contributed by atoms with Crippen LogP contribution in [0.5, 0.6) is 0 Å². The molecule has 2 aromatic rings. The van der Waals surface area contributed by atoms with Gasteiger partial charge in [-0.05, 0) is 18.2 Å². The van der Waals surface area contributed by atoms with Crippen molar-refractivity contribution in [2.75, 3.05) is 7.05 Å². The fourth-order valence-electron chi connectivity index (χ4n) is 1.69. The molecule has 1 aromatic heterocycles. The zero-order valence-corrected chi connectivity index (χ0v) is 8.90. The highest BCUT2D eigenvalue weighted by Crippen LogP contribution is 2.19. The summed E-state index contributed by atoms with van der Waals surface area (Å²) in [4.78, 5) is 11.3. The highest BCUT2D eigenvalue weighted by Gasteiger charge is 2.06. The molecule has 0 unspecified atom stereocenters. The predicted octanol–water partition coefficient (Wildman–Crippen LogP) is 1.26. The molecule has 0 aliphatic carbocycles. The third-order valence-corrected chi connectivity index (χ3v) is 2.53. The first-order valence-electron chi connectivity index (χ1n) is 4.95. The number of likely N-dealkylation sites (N-methyl/N-ethyl adjacent to an activating group) is 1. The molecule has 0 spiro atoms. The number of hydrogen-bond donors (Lipinski definition) is 1. The van der Waals surface area contributed by atoms with Gasteiger partial charge >= 0.3 is 0 Å². The van der Waals surface area contributed by atoms with Crippen LogP contribution in [0.2, 0.25) is 0 Å². The molecule has 1 N–H and O–H groups in total. The Hall–Kier alpha value is -2.28. The van der Waals surface area contributed by atoms with E-state index in [1.54, 1.807) is 13.1 Å². The van der Waals surface area contributed by atoms with Gasteiger partial charge in [-0.2, -0.15) is 5.26 Å². The topological polar surface area (TPSA) is 57.8 Å². The Morgan fingerprint density at radius 2 is 2.31 bits per heavy atom. The van der Waals surface area contributed by atoms with Crippen LogP contribution < -0.4 is 5.32 Å². The second-order valence-corrected chi connectivity index (χ2v) is 3.47. The standard InChI is InChI=1S/C12H11N3O/c1-14-12(16)8-15-6-5-10-9(7-13)3-2-4-11(10)15/h2-6H,8H2,1H3,(H,14,16). The van der Waals surface area contributed by atoms with Crippen LogP contribution in [0.4, 0.5) is 0 Å². The molecule has 0 bridgehead atoms. The van der Waals surface area contributed by atoms with Crippen LogP contribution in [0.15, 0.2) is 30.5 Å². The van der Waals surface area contributed by atoms with Crippen LogP contribution in [0, 0.1) is 11.3 Å². The summed E-state index contributed by atoms with van der Waals surface area (Å²) in [6.45, 7) is 0.273. The van der Waals surface area contributed by atoms with Gasteiger partial charge in [0.1, 0.15) is 6.54 Å². The third-order valence-electron chi connectivity index (χ3n) is 2.53. The lowest BCUT2D eigenvalue weighted by Gasteiger charge is -2.04. The Labute approximate surface area is 93.1 Å². The Balaban J connectivity index is 2.50. The molecule has 0 saturated carbocycles.